The molecule has 6 heteroatoms. The number of rotatable bonds is 6. The Bertz CT molecular complexity index is 521. The van der Waals surface area contributed by atoms with Gasteiger partial charge in [0.2, 0.25) is 10.0 Å². The SMILES string of the molecule is CCCC(CC)NS(=O)(=O)c1cc(C)c(F)c(N)c1. The molecular formula is C13H21FN2O2S. The molecule has 0 aliphatic carbocycles. The number of nitrogen functional groups attached to an aromatic ring is 1. The maximum absolute atomic E-state index is 13.4. The van der Waals surface area contributed by atoms with Crippen molar-refractivity contribution in [1.82, 2.24) is 4.72 Å². The van der Waals surface area contributed by atoms with Gasteiger partial charge in [0.15, 0.2) is 0 Å². The van der Waals surface area contributed by atoms with Crippen LogP contribution >= 0.6 is 0 Å². The molecule has 0 radical (unpaired) electrons. The minimum absolute atomic E-state index is 0.0125. The zero-order chi connectivity index (χ0) is 14.6. The summed E-state index contributed by atoms with van der Waals surface area (Å²) in [6, 6.07) is 2.34. The highest BCUT2D eigenvalue weighted by molar-refractivity contribution is 7.89. The third kappa shape index (κ3) is 3.91. The van der Waals surface area contributed by atoms with Crippen LogP contribution < -0.4 is 10.5 Å². The molecule has 0 heterocycles. The van der Waals surface area contributed by atoms with Gasteiger partial charge in [-0.2, -0.15) is 0 Å². The number of benzene rings is 1. The summed E-state index contributed by atoms with van der Waals surface area (Å²) in [4.78, 5) is 0.0125. The first-order valence-electron chi connectivity index (χ1n) is 6.39. The van der Waals surface area contributed by atoms with Crippen LogP contribution in [0.25, 0.3) is 0 Å². The van der Waals surface area contributed by atoms with Crippen LogP contribution in [0, 0.1) is 12.7 Å². The summed E-state index contributed by atoms with van der Waals surface area (Å²) in [6.45, 7) is 5.41. The molecule has 1 aromatic carbocycles. The molecule has 0 saturated carbocycles. The molecule has 0 saturated heterocycles. The first-order valence-corrected chi connectivity index (χ1v) is 7.88. The van der Waals surface area contributed by atoms with Crippen LogP contribution in [0.3, 0.4) is 0 Å². The normalized spacial score (nSPS) is 13.5. The molecule has 0 bridgehead atoms. The van der Waals surface area contributed by atoms with Gasteiger partial charge in [0.05, 0.1) is 10.6 Å². The number of aryl methyl sites for hydroxylation is 1. The van der Waals surface area contributed by atoms with E-state index >= 15 is 0 Å². The number of sulfonamides is 1. The van der Waals surface area contributed by atoms with Gasteiger partial charge in [-0.15, -0.1) is 0 Å². The Kier molecular flexibility index (Phi) is 5.31. The molecule has 1 aromatic rings. The molecule has 0 spiro atoms. The summed E-state index contributed by atoms with van der Waals surface area (Å²) in [7, 11) is -3.65. The third-order valence-electron chi connectivity index (χ3n) is 3.02. The second-order valence-corrected chi connectivity index (χ2v) is 6.37. The number of halogens is 1. The summed E-state index contributed by atoms with van der Waals surface area (Å²) >= 11 is 0. The van der Waals surface area contributed by atoms with Gasteiger partial charge in [-0.25, -0.2) is 17.5 Å². The van der Waals surface area contributed by atoms with Gasteiger partial charge in [-0.1, -0.05) is 20.3 Å². The zero-order valence-corrected chi connectivity index (χ0v) is 12.3. The largest absolute Gasteiger partial charge is 0.396 e. The van der Waals surface area contributed by atoms with Gasteiger partial charge in [0.25, 0.3) is 0 Å². The summed E-state index contributed by atoms with van der Waals surface area (Å²) in [6.07, 6.45) is 2.37. The summed E-state index contributed by atoms with van der Waals surface area (Å²) in [5.41, 5.74) is 5.55. The van der Waals surface area contributed by atoms with E-state index in [4.69, 9.17) is 5.73 Å². The fraction of sp³-hybridized carbons (Fsp3) is 0.538. The van der Waals surface area contributed by atoms with E-state index in [-0.39, 0.29) is 22.2 Å². The lowest BCUT2D eigenvalue weighted by Crippen LogP contribution is -2.34. The van der Waals surface area contributed by atoms with E-state index in [9.17, 15) is 12.8 Å². The number of nitrogens with two attached hydrogens (primary N) is 1. The molecular weight excluding hydrogens is 267 g/mol. The Balaban J connectivity index is 3.07. The van der Waals surface area contributed by atoms with Gasteiger partial charge in [-0.3, -0.25) is 0 Å². The van der Waals surface area contributed by atoms with Crippen molar-refractivity contribution in [1.29, 1.82) is 0 Å². The standard InChI is InChI=1S/C13H21FN2O2S/c1-4-6-10(5-2)16-19(17,18)11-7-9(3)13(14)12(15)8-11/h7-8,10,16H,4-6,15H2,1-3H3. The number of hydrogen-bond acceptors (Lipinski definition) is 3. The van der Waals surface area contributed by atoms with Crippen molar-refractivity contribution in [3.05, 3.63) is 23.5 Å². The molecule has 0 aliphatic rings. The lowest BCUT2D eigenvalue weighted by Gasteiger charge is -2.17. The molecule has 19 heavy (non-hydrogen) atoms. The van der Waals surface area contributed by atoms with Crippen molar-refractivity contribution in [3.63, 3.8) is 0 Å². The number of hydrogen-bond donors (Lipinski definition) is 2. The number of anilines is 1. The van der Waals surface area contributed by atoms with Crippen LogP contribution in [0.1, 0.15) is 38.7 Å². The third-order valence-corrected chi connectivity index (χ3v) is 4.52. The van der Waals surface area contributed by atoms with Crippen LogP contribution in [0.4, 0.5) is 10.1 Å². The van der Waals surface area contributed by atoms with Gasteiger partial charge in [0.1, 0.15) is 5.82 Å². The Morgan fingerprint density at radius 1 is 1.37 bits per heavy atom. The lowest BCUT2D eigenvalue weighted by atomic mass is 10.1. The number of nitrogens with one attached hydrogen (secondary N) is 1. The Morgan fingerprint density at radius 3 is 2.47 bits per heavy atom. The summed E-state index contributed by atoms with van der Waals surface area (Å²) in [5, 5.41) is 0. The predicted octanol–water partition coefficient (Wildman–Crippen LogP) is 2.57. The smallest absolute Gasteiger partial charge is 0.240 e. The van der Waals surface area contributed by atoms with E-state index in [0.717, 1.165) is 18.9 Å². The second kappa shape index (κ2) is 6.34. The van der Waals surface area contributed by atoms with Crippen molar-refractivity contribution < 1.29 is 12.8 Å². The molecule has 0 aromatic heterocycles. The zero-order valence-electron chi connectivity index (χ0n) is 11.5. The van der Waals surface area contributed by atoms with Crippen molar-refractivity contribution in [2.24, 2.45) is 0 Å². The topological polar surface area (TPSA) is 72.2 Å². The molecule has 108 valence electrons. The molecule has 0 aliphatic heterocycles. The second-order valence-electron chi connectivity index (χ2n) is 4.66. The van der Waals surface area contributed by atoms with E-state index < -0.39 is 15.8 Å². The van der Waals surface area contributed by atoms with Gasteiger partial charge >= 0.3 is 0 Å². The highest BCUT2D eigenvalue weighted by Crippen LogP contribution is 2.21. The van der Waals surface area contributed by atoms with E-state index in [0.29, 0.717) is 6.42 Å². The molecule has 0 fully saturated rings. The fourth-order valence-electron chi connectivity index (χ4n) is 1.90. The Labute approximate surface area is 114 Å². The minimum Gasteiger partial charge on any atom is -0.396 e. The predicted molar refractivity (Wildman–Crippen MR) is 74.9 cm³/mol. The van der Waals surface area contributed by atoms with Crippen molar-refractivity contribution in [3.8, 4) is 0 Å². The highest BCUT2D eigenvalue weighted by Gasteiger charge is 2.20. The monoisotopic (exact) mass is 288 g/mol. The van der Waals surface area contributed by atoms with Crippen LogP contribution in [-0.2, 0) is 10.0 Å². The van der Waals surface area contributed by atoms with Gasteiger partial charge in [0, 0.05) is 6.04 Å². The van der Waals surface area contributed by atoms with Crippen LogP contribution in [0.15, 0.2) is 17.0 Å². The van der Waals surface area contributed by atoms with Gasteiger partial charge < -0.3 is 5.73 Å². The quantitative estimate of drug-likeness (QED) is 0.790. The first kappa shape index (κ1) is 15.9. The molecule has 0 amide bonds. The molecule has 1 unspecified atom stereocenters. The maximum Gasteiger partial charge on any atom is 0.240 e. The van der Waals surface area contributed by atoms with E-state index in [1.165, 1.54) is 13.0 Å². The molecule has 1 atom stereocenters. The molecule has 3 N–H and O–H groups in total. The average molecular weight is 288 g/mol. The fourth-order valence-corrected chi connectivity index (χ4v) is 3.37. The Morgan fingerprint density at radius 2 is 2.00 bits per heavy atom. The maximum atomic E-state index is 13.4. The van der Waals surface area contributed by atoms with Gasteiger partial charge in [-0.05, 0) is 37.5 Å². The van der Waals surface area contributed by atoms with Crippen molar-refractivity contribution in [2.45, 2.75) is 51.0 Å². The lowest BCUT2D eigenvalue weighted by molar-refractivity contribution is 0.512. The van der Waals surface area contributed by atoms with Crippen molar-refractivity contribution >= 4 is 15.7 Å². The van der Waals surface area contributed by atoms with E-state index in [1.807, 2.05) is 13.8 Å². The van der Waals surface area contributed by atoms with Crippen molar-refractivity contribution in [2.75, 3.05) is 5.73 Å². The summed E-state index contributed by atoms with van der Waals surface area (Å²) < 4.78 is 40.4. The minimum atomic E-state index is -3.65. The van der Waals surface area contributed by atoms with Crippen LogP contribution in [0.2, 0.25) is 0 Å². The first-order chi connectivity index (χ1) is 8.81. The highest BCUT2D eigenvalue weighted by atomic mass is 32.2. The molecule has 1 rings (SSSR count). The van der Waals surface area contributed by atoms with E-state index in [1.54, 1.807) is 0 Å². The van der Waals surface area contributed by atoms with Crippen LogP contribution in [0.5, 0.6) is 0 Å². The Hall–Kier alpha value is -1.14. The average Bonchev–Trinajstić information content (AvgIpc) is 2.34. The molecule has 4 nitrogen and oxygen atoms in total. The summed E-state index contributed by atoms with van der Waals surface area (Å²) in [5.74, 6) is -0.570. The van der Waals surface area contributed by atoms with Crippen LogP contribution in [-0.4, -0.2) is 14.5 Å². The van der Waals surface area contributed by atoms with E-state index in [2.05, 4.69) is 4.72 Å².